The topological polar surface area (TPSA) is 98.1 Å². The molecule has 2 rings (SSSR count). The van der Waals surface area contributed by atoms with Gasteiger partial charge in [0.15, 0.2) is 0 Å². The van der Waals surface area contributed by atoms with Crippen molar-refractivity contribution in [3.63, 3.8) is 0 Å². The van der Waals surface area contributed by atoms with Crippen LogP contribution in [0, 0.1) is 6.92 Å². The summed E-state index contributed by atoms with van der Waals surface area (Å²) in [7, 11) is 0. The number of primary amides is 1. The van der Waals surface area contributed by atoms with Crippen LogP contribution >= 0.6 is 0 Å². The van der Waals surface area contributed by atoms with Gasteiger partial charge < -0.3 is 16.4 Å². The lowest BCUT2D eigenvalue weighted by Gasteiger charge is -2.26. The Balaban J connectivity index is 2.46. The van der Waals surface area contributed by atoms with Crippen molar-refractivity contribution in [2.24, 2.45) is 5.73 Å². The maximum absolute atomic E-state index is 11.5. The van der Waals surface area contributed by atoms with Gasteiger partial charge in [-0.3, -0.25) is 4.79 Å². The van der Waals surface area contributed by atoms with Crippen molar-refractivity contribution < 1.29 is 4.79 Å². The Kier molecular flexibility index (Phi) is 3.59. The summed E-state index contributed by atoms with van der Waals surface area (Å²) in [6.45, 7) is 6.69. The van der Waals surface area contributed by atoms with Crippen molar-refractivity contribution in [3.05, 3.63) is 11.4 Å². The third-order valence-corrected chi connectivity index (χ3v) is 3.54. The van der Waals surface area contributed by atoms with E-state index in [2.05, 4.69) is 9.97 Å². The number of carbonyl (C=O) groups is 1. The molecule has 0 saturated carbocycles. The first kappa shape index (κ1) is 13.6. The predicted octanol–water partition coefficient (Wildman–Crippen LogP) is 0.945. The van der Waals surface area contributed by atoms with Gasteiger partial charge >= 0.3 is 0 Å². The van der Waals surface area contributed by atoms with Gasteiger partial charge in [0, 0.05) is 18.0 Å². The molecule has 1 saturated heterocycles. The number of nitrogens with zero attached hydrogens (tertiary/aromatic N) is 3. The zero-order chi connectivity index (χ0) is 14.2. The lowest BCUT2D eigenvalue weighted by molar-refractivity contribution is -0.119. The van der Waals surface area contributed by atoms with Gasteiger partial charge in [-0.2, -0.15) is 0 Å². The second kappa shape index (κ2) is 5.03. The maximum atomic E-state index is 11.5. The van der Waals surface area contributed by atoms with E-state index in [1.807, 2.05) is 25.7 Å². The van der Waals surface area contributed by atoms with Crippen LogP contribution in [-0.2, 0) is 4.79 Å². The zero-order valence-electron chi connectivity index (χ0n) is 11.7. The number of amides is 1. The molecule has 0 aromatic carbocycles. The first-order chi connectivity index (χ1) is 8.91. The summed E-state index contributed by atoms with van der Waals surface area (Å²) >= 11 is 0. The minimum Gasteiger partial charge on any atom is -0.383 e. The van der Waals surface area contributed by atoms with Gasteiger partial charge in [0.1, 0.15) is 23.5 Å². The summed E-state index contributed by atoms with van der Waals surface area (Å²) in [6.07, 6.45) is 1.71. The smallest absolute Gasteiger partial charge is 0.240 e. The molecule has 0 radical (unpaired) electrons. The van der Waals surface area contributed by atoms with Crippen LogP contribution < -0.4 is 16.4 Å². The Morgan fingerprint density at radius 3 is 2.68 bits per heavy atom. The number of anilines is 2. The quantitative estimate of drug-likeness (QED) is 0.845. The second-order valence-electron chi connectivity index (χ2n) is 5.32. The molecule has 1 aliphatic rings. The fourth-order valence-corrected chi connectivity index (χ4v) is 2.39. The van der Waals surface area contributed by atoms with E-state index in [1.54, 1.807) is 0 Å². The van der Waals surface area contributed by atoms with Crippen LogP contribution in [0.25, 0.3) is 0 Å². The number of nitrogen functional groups attached to an aromatic ring is 1. The molecule has 0 spiro atoms. The Hall–Kier alpha value is -1.85. The van der Waals surface area contributed by atoms with Gasteiger partial charge in [0.2, 0.25) is 5.91 Å². The van der Waals surface area contributed by atoms with Crippen molar-refractivity contribution in [2.45, 2.75) is 45.6 Å². The highest BCUT2D eigenvalue weighted by Gasteiger charge is 2.31. The molecule has 19 heavy (non-hydrogen) atoms. The zero-order valence-corrected chi connectivity index (χ0v) is 11.7. The van der Waals surface area contributed by atoms with Gasteiger partial charge in [-0.1, -0.05) is 13.8 Å². The average molecular weight is 263 g/mol. The SMILES string of the molecule is Cc1c(N)nc(C(C)C)nc1N1CCCC1C(N)=O. The van der Waals surface area contributed by atoms with E-state index in [-0.39, 0.29) is 17.9 Å². The van der Waals surface area contributed by atoms with Gasteiger partial charge in [0.05, 0.1) is 0 Å². The van der Waals surface area contributed by atoms with Crippen molar-refractivity contribution >= 4 is 17.5 Å². The first-order valence-corrected chi connectivity index (χ1v) is 6.61. The molecule has 4 N–H and O–H groups in total. The highest BCUT2D eigenvalue weighted by Crippen LogP contribution is 2.30. The number of carbonyl (C=O) groups excluding carboxylic acids is 1. The largest absolute Gasteiger partial charge is 0.383 e. The molecule has 1 aromatic rings. The molecule has 6 nitrogen and oxygen atoms in total. The van der Waals surface area contributed by atoms with Gasteiger partial charge in [-0.15, -0.1) is 0 Å². The third kappa shape index (κ3) is 2.47. The van der Waals surface area contributed by atoms with Crippen molar-refractivity contribution in [1.82, 2.24) is 9.97 Å². The van der Waals surface area contributed by atoms with Crippen LogP contribution in [0.3, 0.4) is 0 Å². The standard InChI is InChI=1S/C13H21N5O/c1-7(2)12-16-10(14)8(3)13(17-12)18-6-4-5-9(18)11(15)19/h7,9H,4-6H2,1-3H3,(H2,15,19)(H2,14,16,17). The summed E-state index contributed by atoms with van der Waals surface area (Å²) in [5, 5.41) is 0. The van der Waals surface area contributed by atoms with Gasteiger partial charge in [0.25, 0.3) is 0 Å². The highest BCUT2D eigenvalue weighted by molar-refractivity contribution is 5.84. The van der Waals surface area contributed by atoms with Gasteiger partial charge in [-0.25, -0.2) is 9.97 Å². The molecule has 104 valence electrons. The summed E-state index contributed by atoms with van der Waals surface area (Å²) in [5.74, 6) is 1.81. The van der Waals surface area contributed by atoms with Crippen LogP contribution in [-0.4, -0.2) is 28.5 Å². The Morgan fingerprint density at radius 1 is 1.42 bits per heavy atom. The number of hydrogen-bond donors (Lipinski definition) is 2. The molecule has 1 aliphatic heterocycles. The third-order valence-electron chi connectivity index (χ3n) is 3.54. The molecule has 2 heterocycles. The number of nitrogens with two attached hydrogens (primary N) is 2. The van der Waals surface area contributed by atoms with Crippen LogP contribution in [0.2, 0.25) is 0 Å². The lowest BCUT2D eigenvalue weighted by Crippen LogP contribution is -2.41. The molecule has 1 amide bonds. The van der Waals surface area contributed by atoms with E-state index in [4.69, 9.17) is 11.5 Å². The van der Waals surface area contributed by atoms with E-state index in [0.29, 0.717) is 11.6 Å². The van der Waals surface area contributed by atoms with Gasteiger partial charge in [-0.05, 0) is 19.8 Å². The molecule has 6 heteroatoms. The van der Waals surface area contributed by atoms with E-state index in [9.17, 15) is 4.79 Å². The first-order valence-electron chi connectivity index (χ1n) is 6.61. The highest BCUT2D eigenvalue weighted by atomic mass is 16.1. The minimum atomic E-state index is -0.305. The van der Waals surface area contributed by atoms with Crippen molar-refractivity contribution in [1.29, 1.82) is 0 Å². The Bertz CT molecular complexity index is 500. The molecule has 1 aromatic heterocycles. The minimum absolute atomic E-state index is 0.191. The number of rotatable bonds is 3. The van der Waals surface area contributed by atoms with Crippen LogP contribution in [0.4, 0.5) is 11.6 Å². The molecule has 1 unspecified atom stereocenters. The molecular weight excluding hydrogens is 242 g/mol. The number of hydrogen-bond acceptors (Lipinski definition) is 5. The Morgan fingerprint density at radius 2 is 2.11 bits per heavy atom. The second-order valence-corrected chi connectivity index (χ2v) is 5.32. The molecule has 0 bridgehead atoms. The summed E-state index contributed by atoms with van der Waals surface area (Å²) in [6, 6.07) is -0.284. The van der Waals surface area contributed by atoms with E-state index >= 15 is 0 Å². The summed E-state index contributed by atoms with van der Waals surface area (Å²) in [4.78, 5) is 22.3. The molecule has 1 fully saturated rings. The summed E-state index contributed by atoms with van der Waals surface area (Å²) in [5.41, 5.74) is 12.2. The van der Waals surface area contributed by atoms with Crippen LogP contribution in [0.5, 0.6) is 0 Å². The Labute approximate surface area is 113 Å². The molecular formula is C13H21N5O. The van der Waals surface area contributed by atoms with E-state index in [0.717, 1.165) is 30.8 Å². The average Bonchev–Trinajstić information content (AvgIpc) is 2.81. The number of aromatic nitrogens is 2. The van der Waals surface area contributed by atoms with E-state index in [1.165, 1.54) is 0 Å². The summed E-state index contributed by atoms with van der Waals surface area (Å²) < 4.78 is 0. The monoisotopic (exact) mass is 263 g/mol. The lowest BCUT2D eigenvalue weighted by atomic mass is 10.1. The fourth-order valence-electron chi connectivity index (χ4n) is 2.39. The van der Waals surface area contributed by atoms with Crippen LogP contribution in [0.15, 0.2) is 0 Å². The molecule has 1 atom stereocenters. The fraction of sp³-hybridized carbons (Fsp3) is 0.615. The predicted molar refractivity (Wildman–Crippen MR) is 74.8 cm³/mol. The van der Waals surface area contributed by atoms with E-state index < -0.39 is 0 Å². The normalized spacial score (nSPS) is 19.2. The maximum Gasteiger partial charge on any atom is 0.240 e. The van der Waals surface area contributed by atoms with Crippen molar-refractivity contribution in [3.8, 4) is 0 Å². The van der Waals surface area contributed by atoms with Crippen molar-refractivity contribution in [2.75, 3.05) is 17.2 Å². The molecule has 0 aliphatic carbocycles. The van der Waals surface area contributed by atoms with Crippen LogP contribution in [0.1, 0.15) is 44.0 Å².